The van der Waals surface area contributed by atoms with Gasteiger partial charge in [0.25, 0.3) is 0 Å². The number of ether oxygens (including phenoxy) is 1. The Morgan fingerprint density at radius 3 is 2.31 bits per heavy atom. The fourth-order valence-electron chi connectivity index (χ4n) is 4.23. The number of nitrogens with two attached hydrogens (primary N) is 1. The summed E-state index contributed by atoms with van der Waals surface area (Å²) in [6.45, 7) is 7.74. The lowest BCUT2D eigenvalue weighted by Gasteiger charge is -2.40. The molecule has 0 spiro atoms. The number of benzene rings is 3. The SMILES string of the molecule is CCOc1cc(SN2CC(C)(C)Cc3cc(-c4ccc(C(F)(F)F)cc4)ccc32)ccc1C=N.CN. The fourth-order valence-corrected chi connectivity index (χ4v) is 5.46. The van der Waals surface area contributed by atoms with E-state index in [1.165, 1.54) is 31.0 Å². The first kappa shape index (κ1) is 27.6. The lowest BCUT2D eigenvalue weighted by molar-refractivity contribution is -0.137. The Morgan fingerprint density at radius 2 is 1.69 bits per heavy atom. The molecule has 3 aromatic carbocycles. The number of anilines is 1. The Hall–Kier alpha value is -2.97. The van der Waals surface area contributed by atoms with Gasteiger partial charge in [-0.3, -0.25) is 0 Å². The zero-order valence-electron chi connectivity index (χ0n) is 20.9. The van der Waals surface area contributed by atoms with E-state index >= 15 is 0 Å². The molecule has 0 atom stereocenters. The topological polar surface area (TPSA) is 62.3 Å². The highest BCUT2D eigenvalue weighted by Gasteiger charge is 2.32. The molecule has 0 amide bonds. The molecule has 0 radical (unpaired) electrons. The van der Waals surface area contributed by atoms with Crippen LogP contribution in [0.5, 0.6) is 5.75 Å². The Bertz CT molecular complexity index is 1190. The van der Waals surface area contributed by atoms with Crippen LogP contribution in [0, 0.1) is 10.8 Å². The van der Waals surface area contributed by atoms with Gasteiger partial charge in [-0.1, -0.05) is 32.0 Å². The van der Waals surface area contributed by atoms with Crippen molar-refractivity contribution in [3.8, 4) is 16.9 Å². The van der Waals surface area contributed by atoms with Gasteiger partial charge in [0, 0.05) is 23.2 Å². The molecule has 0 fully saturated rings. The van der Waals surface area contributed by atoms with Gasteiger partial charge in [0.05, 0.1) is 17.9 Å². The second kappa shape index (κ2) is 11.4. The molecule has 1 aliphatic rings. The first-order valence-corrected chi connectivity index (χ1v) is 12.5. The van der Waals surface area contributed by atoms with Crippen molar-refractivity contribution < 1.29 is 17.9 Å². The lowest BCUT2D eigenvalue weighted by atomic mass is 9.81. The maximum Gasteiger partial charge on any atom is 0.416 e. The van der Waals surface area contributed by atoms with E-state index in [1.807, 2.05) is 31.2 Å². The van der Waals surface area contributed by atoms with E-state index in [-0.39, 0.29) is 5.41 Å². The normalized spacial score (nSPS) is 14.4. The standard InChI is InChI=1S/C27H27F3N2OS.CH5N/c1-4-33-25-14-23(11-7-20(25)16-31)34-32-17-26(2,3)15-21-13-19(8-12-24(21)32)18-5-9-22(10-6-18)27(28,29)30;1-2/h5-14,16,31H,4,15,17H2,1-3H3;2H2,1H3. The van der Waals surface area contributed by atoms with Crippen molar-refractivity contribution >= 4 is 23.8 Å². The molecule has 4 nitrogen and oxygen atoms in total. The van der Waals surface area contributed by atoms with Crippen molar-refractivity contribution in [1.82, 2.24) is 0 Å². The van der Waals surface area contributed by atoms with Crippen LogP contribution in [-0.2, 0) is 12.6 Å². The van der Waals surface area contributed by atoms with E-state index in [4.69, 9.17) is 10.1 Å². The van der Waals surface area contributed by atoms with Crippen LogP contribution in [0.25, 0.3) is 11.1 Å². The number of nitrogens with zero attached hydrogens (tertiary/aromatic N) is 1. The Labute approximate surface area is 215 Å². The smallest absolute Gasteiger partial charge is 0.416 e. The largest absolute Gasteiger partial charge is 0.493 e. The van der Waals surface area contributed by atoms with E-state index in [1.54, 1.807) is 11.9 Å². The van der Waals surface area contributed by atoms with E-state index < -0.39 is 11.7 Å². The highest BCUT2D eigenvalue weighted by molar-refractivity contribution is 8.00. The molecule has 3 N–H and O–H groups in total. The zero-order valence-corrected chi connectivity index (χ0v) is 21.8. The number of nitrogens with one attached hydrogen (secondary N) is 1. The maximum absolute atomic E-state index is 12.9. The van der Waals surface area contributed by atoms with Gasteiger partial charge in [-0.05, 0) is 96.9 Å². The Morgan fingerprint density at radius 1 is 1.03 bits per heavy atom. The lowest BCUT2D eigenvalue weighted by Crippen LogP contribution is -2.36. The zero-order chi connectivity index (χ0) is 26.5. The molecule has 1 heterocycles. The maximum atomic E-state index is 12.9. The van der Waals surface area contributed by atoms with Crippen LogP contribution in [0.3, 0.4) is 0 Å². The fraction of sp³-hybridized carbons (Fsp3) is 0.321. The molecular formula is C28H32F3N3OS. The van der Waals surface area contributed by atoms with Crippen LogP contribution < -0.4 is 14.8 Å². The highest BCUT2D eigenvalue weighted by Crippen LogP contribution is 2.43. The molecule has 36 heavy (non-hydrogen) atoms. The number of fused-ring (bicyclic) bond motifs is 1. The molecule has 0 saturated carbocycles. The minimum Gasteiger partial charge on any atom is -0.493 e. The van der Waals surface area contributed by atoms with Crippen LogP contribution in [-0.4, -0.2) is 26.4 Å². The van der Waals surface area contributed by atoms with E-state index in [9.17, 15) is 13.2 Å². The van der Waals surface area contributed by atoms with Crippen molar-refractivity contribution in [1.29, 1.82) is 5.41 Å². The molecule has 4 rings (SSSR count). The first-order chi connectivity index (χ1) is 17.1. The van der Waals surface area contributed by atoms with Gasteiger partial charge in [0.2, 0.25) is 0 Å². The number of alkyl halides is 3. The van der Waals surface area contributed by atoms with Crippen LogP contribution in [0.1, 0.15) is 37.5 Å². The third-order valence-electron chi connectivity index (χ3n) is 5.79. The third-order valence-corrected chi connectivity index (χ3v) is 6.80. The molecule has 3 aromatic rings. The van der Waals surface area contributed by atoms with Crippen molar-refractivity contribution in [2.24, 2.45) is 11.1 Å². The number of rotatable bonds is 6. The summed E-state index contributed by atoms with van der Waals surface area (Å²) in [6, 6.07) is 17.3. The van der Waals surface area contributed by atoms with Crippen molar-refractivity contribution in [3.05, 3.63) is 77.4 Å². The van der Waals surface area contributed by atoms with Crippen molar-refractivity contribution in [2.75, 3.05) is 24.5 Å². The molecule has 0 aromatic heterocycles. The van der Waals surface area contributed by atoms with Gasteiger partial charge in [-0.15, -0.1) is 0 Å². The summed E-state index contributed by atoms with van der Waals surface area (Å²) in [6.07, 6.45) is -2.17. The monoisotopic (exact) mass is 515 g/mol. The molecule has 0 aliphatic carbocycles. The molecular weight excluding hydrogens is 483 g/mol. The quantitative estimate of drug-likeness (QED) is 0.265. The van der Waals surface area contributed by atoms with Gasteiger partial charge >= 0.3 is 6.18 Å². The summed E-state index contributed by atoms with van der Waals surface area (Å²) in [7, 11) is 1.50. The minimum atomic E-state index is -4.34. The molecule has 8 heteroatoms. The number of halogens is 3. The van der Waals surface area contributed by atoms with E-state index in [0.29, 0.717) is 12.4 Å². The molecule has 0 unspecified atom stereocenters. The van der Waals surface area contributed by atoms with Gasteiger partial charge in [-0.2, -0.15) is 13.2 Å². The molecule has 0 bridgehead atoms. The predicted molar refractivity (Wildman–Crippen MR) is 143 cm³/mol. The average molecular weight is 516 g/mol. The van der Waals surface area contributed by atoms with Gasteiger partial charge < -0.3 is 20.2 Å². The van der Waals surface area contributed by atoms with Crippen LogP contribution >= 0.6 is 11.9 Å². The van der Waals surface area contributed by atoms with E-state index in [2.05, 4.69) is 36.0 Å². The van der Waals surface area contributed by atoms with Gasteiger partial charge in [-0.25, -0.2) is 0 Å². The van der Waals surface area contributed by atoms with E-state index in [0.717, 1.165) is 52.4 Å². The second-order valence-electron chi connectivity index (χ2n) is 9.16. The second-order valence-corrected chi connectivity index (χ2v) is 10.3. The summed E-state index contributed by atoms with van der Waals surface area (Å²) in [5.74, 6) is 0.691. The summed E-state index contributed by atoms with van der Waals surface area (Å²) in [4.78, 5) is 1.02. The first-order valence-electron chi connectivity index (χ1n) is 11.7. The predicted octanol–water partition coefficient (Wildman–Crippen LogP) is 7.44. The van der Waals surface area contributed by atoms with Crippen molar-refractivity contribution in [3.63, 3.8) is 0 Å². The summed E-state index contributed by atoms with van der Waals surface area (Å²) in [5, 5.41) is 7.59. The van der Waals surface area contributed by atoms with Crippen LogP contribution in [0.15, 0.2) is 65.6 Å². The van der Waals surface area contributed by atoms with Crippen LogP contribution in [0.2, 0.25) is 0 Å². The summed E-state index contributed by atoms with van der Waals surface area (Å²) >= 11 is 1.63. The number of hydrogen-bond donors (Lipinski definition) is 2. The third kappa shape index (κ3) is 6.42. The molecule has 1 aliphatic heterocycles. The Balaban J connectivity index is 0.00000176. The molecule has 192 valence electrons. The minimum absolute atomic E-state index is 0.0242. The van der Waals surface area contributed by atoms with Gasteiger partial charge in [0.1, 0.15) is 5.75 Å². The molecule has 0 saturated heterocycles. The Kier molecular flexibility index (Phi) is 8.74. The van der Waals surface area contributed by atoms with Crippen molar-refractivity contribution in [2.45, 2.75) is 38.3 Å². The summed E-state index contributed by atoms with van der Waals surface area (Å²) < 4.78 is 46.8. The average Bonchev–Trinajstić information content (AvgIpc) is 2.84. The van der Waals surface area contributed by atoms with Crippen LogP contribution in [0.4, 0.5) is 18.9 Å². The summed E-state index contributed by atoms with van der Waals surface area (Å²) in [5.41, 5.74) is 8.57. The number of hydrogen-bond acceptors (Lipinski definition) is 5. The highest BCUT2D eigenvalue weighted by atomic mass is 32.2. The van der Waals surface area contributed by atoms with Gasteiger partial charge in [0.15, 0.2) is 0 Å².